The van der Waals surface area contributed by atoms with E-state index in [0.717, 1.165) is 0 Å². The van der Waals surface area contributed by atoms with Gasteiger partial charge in [-0.2, -0.15) is 0 Å². The molecule has 0 fully saturated rings. The van der Waals surface area contributed by atoms with Crippen molar-refractivity contribution in [2.45, 2.75) is 65.0 Å². The van der Waals surface area contributed by atoms with Gasteiger partial charge in [0.15, 0.2) is 11.9 Å². The fourth-order valence-electron chi connectivity index (χ4n) is 5.07. The van der Waals surface area contributed by atoms with E-state index in [4.69, 9.17) is 35.2 Å². The Labute approximate surface area is 262 Å². The monoisotopic (exact) mass is 633 g/mol. The number of Topliss-reactive ketones (excluding diaryl/α,β-unsaturated/α-hetero) is 2. The number of carbonyl (C=O) groups excluding carboxylic acids is 5. The molecular formula is C31H43N3O11. The van der Waals surface area contributed by atoms with Crippen molar-refractivity contribution in [2.75, 3.05) is 27.9 Å². The van der Waals surface area contributed by atoms with Crippen LogP contribution in [0.5, 0.6) is 0 Å². The molecule has 1 aliphatic heterocycles. The molecule has 1 heterocycles. The highest BCUT2D eigenvalue weighted by molar-refractivity contribution is 6.25. The topological polar surface area (TPSA) is 216 Å². The Kier molecular flexibility index (Phi) is 13.9. The number of nitrogens with one attached hydrogen (secondary N) is 1. The minimum Gasteiger partial charge on any atom is -0.492 e. The predicted molar refractivity (Wildman–Crippen MR) is 161 cm³/mol. The third-order valence-electron chi connectivity index (χ3n) is 7.44. The van der Waals surface area contributed by atoms with Crippen LogP contribution >= 0.6 is 0 Å². The van der Waals surface area contributed by atoms with Crippen LogP contribution < -0.4 is 16.8 Å². The van der Waals surface area contributed by atoms with Crippen molar-refractivity contribution in [3.8, 4) is 0 Å². The van der Waals surface area contributed by atoms with Gasteiger partial charge in [0.05, 0.1) is 25.9 Å². The maximum atomic E-state index is 13.8. The number of ether oxygens (including phenoxy) is 5. The van der Waals surface area contributed by atoms with Crippen molar-refractivity contribution in [1.82, 2.24) is 5.32 Å². The van der Waals surface area contributed by atoms with Crippen LogP contribution in [0.1, 0.15) is 40.5 Å². The first kappa shape index (κ1) is 37.1. The van der Waals surface area contributed by atoms with Gasteiger partial charge in [0.2, 0.25) is 11.5 Å². The van der Waals surface area contributed by atoms with Crippen molar-refractivity contribution < 1.29 is 52.8 Å². The predicted octanol–water partition coefficient (Wildman–Crippen LogP) is 1.24. The lowest BCUT2D eigenvalue weighted by Gasteiger charge is -2.30. The van der Waals surface area contributed by atoms with Crippen molar-refractivity contribution in [2.24, 2.45) is 23.3 Å². The van der Waals surface area contributed by atoms with E-state index in [-0.39, 0.29) is 35.7 Å². The maximum absolute atomic E-state index is 13.8. The zero-order valence-corrected chi connectivity index (χ0v) is 26.6. The Bertz CT molecular complexity index is 1330. The number of aliphatic hydroxyl groups excluding tert-OH is 1. The van der Waals surface area contributed by atoms with Crippen LogP contribution in [-0.2, 0) is 42.9 Å². The second-order valence-corrected chi connectivity index (χ2v) is 10.9. The SMILES string of the molecule is COC1=C2CC(C)CC(OC)C(O)C(C)/C=C(\C)C(OC(N)=O)C(OC)/C=C\C=C(/C)C(=O)NC(=C(OC(=O)CN)C1=O)C2=O. The maximum Gasteiger partial charge on any atom is 0.405 e. The van der Waals surface area contributed by atoms with Crippen LogP contribution in [0.3, 0.4) is 0 Å². The molecule has 0 aromatic heterocycles. The van der Waals surface area contributed by atoms with Gasteiger partial charge >= 0.3 is 12.1 Å². The molecule has 6 atom stereocenters. The van der Waals surface area contributed by atoms with Crippen LogP contribution in [0.15, 0.2) is 58.2 Å². The molecule has 0 aromatic rings. The van der Waals surface area contributed by atoms with Crippen LogP contribution in [0.2, 0.25) is 0 Å². The van der Waals surface area contributed by atoms with E-state index in [1.165, 1.54) is 46.5 Å². The third kappa shape index (κ3) is 9.44. The number of ketones is 2. The van der Waals surface area contributed by atoms with Crippen LogP contribution in [0, 0.1) is 11.8 Å². The Morgan fingerprint density at radius 1 is 1.04 bits per heavy atom. The summed E-state index contributed by atoms with van der Waals surface area (Å²) in [5, 5.41) is 13.6. The Morgan fingerprint density at radius 3 is 2.27 bits per heavy atom. The summed E-state index contributed by atoms with van der Waals surface area (Å²) in [5.74, 6) is -5.45. The van der Waals surface area contributed by atoms with Gasteiger partial charge < -0.3 is 45.6 Å². The molecule has 6 unspecified atom stereocenters. The normalized spacial score (nSPS) is 30.5. The summed E-state index contributed by atoms with van der Waals surface area (Å²) in [5.41, 5.74) is 10.7. The number of amides is 2. The minimum absolute atomic E-state index is 0.0112. The first-order valence-corrected chi connectivity index (χ1v) is 14.3. The van der Waals surface area contributed by atoms with E-state index in [1.807, 2.05) is 0 Å². The van der Waals surface area contributed by atoms with E-state index >= 15 is 0 Å². The first-order chi connectivity index (χ1) is 21.2. The van der Waals surface area contributed by atoms with Gasteiger partial charge in [-0.1, -0.05) is 38.2 Å². The van der Waals surface area contributed by atoms with Gasteiger partial charge in [-0.25, -0.2) is 4.79 Å². The molecule has 2 aliphatic rings. The largest absolute Gasteiger partial charge is 0.492 e. The average molecular weight is 634 g/mol. The van der Waals surface area contributed by atoms with E-state index < -0.39 is 77.9 Å². The summed E-state index contributed by atoms with van der Waals surface area (Å²) in [6.45, 7) is 6.09. The number of esters is 1. The zero-order valence-electron chi connectivity index (χ0n) is 26.6. The molecule has 2 amide bonds. The average Bonchev–Trinajstić information content (AvgIpc) is 2.99. The summed E-state index contributed by atoms with van der Waals surface area (Å²) in [6, 6.07) is 0. The Balaban J connectivity index is 2.74. The molecule has 0 saturated carbocycles. The fourth-order valence-corrected chi connectivity index (χ4v) is 5.07. The Hall–Kier alpha value is -4.11. The van der Waals surface area contributed by atoms with E-state index in [9.17, 15) is 29.1 Å². The highest BCUT2D eigenvalue weighted by atomic mass is 16.6. The third-order valence-corrected chi connectivity index (χ3v) is 7.44. The molecule has 6 N–H and O–H groups in total. The van der Waals surface area contributed by atoms with E-state index in [0.29, 0.717) is 5.57 Å². The summed E-state index contributed by atoms with van der Waals surface area (Å²) in [4.78, 5) is 64.3. The van der Waals surface area contributed by atoms with Crippen LogP contribution in [0.25, 0.3) is 0 Å². The van der Waals surface area contributed by atoms with Crippen LogP contribution in [-0.4, -0.2) is 86.9 Å². The summed E-state index contributed by atoms with van der Waals surface area (Å²) in [7, 11) is 4.02. The van der Waals surface area contributed by atoms with Gasteiger partial charge in [-0.05, 0) is 38.2 Å². The van der Waals surface area contributed by atoms with Gasteiger partial charge in [0, 0.05) is 31.3 Å². The molecule has 0 radical (unpaired) electrons. The summed E-state index contributed by atoms with van der Waals surface area (Å²) < 4.78 is 26.9. The number of aliphatic hydroxyl groups is 1. The molecule has 0 spiro atoms. The molecule has 14 heteroatoms. The molecule has 2 bridgehead atoms. The molecule has 14 nitrogen and oxygen atoms in total. The number of methoxy groups -OCH3 is 3. The lowest BCUT2D eigenvalue weighted by molar-refractivity contribution is -0.141. The zero-order chi connectivity index (χ0) is 34.0. The standard InChI is InChI=1S/C31H43N3O11/c1-15-11-19-25(37)23(29(44-22(35)14-32)26(38)28(19)43-7)34-30(39)16(2)9-8-10-20(41-5)27(45-31(33)40)18(4)13-17(3)24(36)21(12-15)42-6/h8-10,13,15,17,20-21,24,27,36H,11-12,14,32H2,1-7H3,(H2,33,40)(H,34,39)/b10-8-,16-9+,18-13+. The highest BCUT2D eigenvalue weighted by Gasteiger charge is 2.40. The molecule has 2 rings (SSSR count). The molecule has 0 aromatic carbocycles. The molecule has 248 valence electrons. The number of carbonyl (C=O) groups is 5. The first-order valence-electron chi connectivity index (χ1n) is 14.3. The lowest BCUT2D eigenvalue weighted by Crippen LogP contribution is -2.38. The Morgan fingerprint density at radius 2 is 1.71 bits per heavy atom. The van der Waals surface area contributed by atoms with Crippen molar-refractivity contribution >= 4 is 29.5 Å². The number of nitrogens with two attached hydrogens (primary N) is 2. The van der Waals surface area contributed by atoms with Crippen molar-refractivity contribution in [1.29, 1.82) is 0 Å². The summed E-state index contributed by atoms with van der Waals surface area (Å²) >= 11 is 0. The molecular weight excluding hydrogens is 590 g/mol. The molecule has 45 heavy (non-hydrogen) atoms. The van der Waals surface area contributed by atoms with E-state index in [2.05, 4.69) is 5.32 Å². The van der Waals surface area contributed by atoms with Gasteiger partial charge in [-0.3, -0.25) is 19.2 Å². The van der Waals surface area contributed by atoms with Gasteiger partial charge in [-0.15, -0.1) is 0 Å². The molecule has 0 saturated heterocycles. The highest BCUT2D eigenvalue weighted by Crippen LogP contribution is 2.32. The molecule has 1 aliphatic carbocycles. The van der Waals surface area contributed by atoms with Crippen molar-refractivity contribution in [3.63, 3.8) is 0 Å². The smallest absolute Gasteiger partial charge is 0.405 e. The number of primary amides is 1. The fraction of sp³-hybridized carbons (Fsp3) is 0.516. The number of hydrogen-bond acceptors (Lipinski definition) is 12. The quantitative estimate of drug-likeness (QED) is 0.185. The van der Waals surface area contributed by atoms with Crippen LogP contribution in [0.4, 0.5) is 4.79 Å². The van der Waals surface area contributed by atoms with Gasteiger partial charge in [0.25, 0.3) is 11.7 Å². The number of fused-ring (bicyclic) bond motifs is 2. The number of allylic oxidation sites excluding steroid dienone is 3. The summed E-state index contributed by atoms with van der Waals surface area (Å²) in [6.07, 6.45) is 1.69. The lowest BCUT2D eigenvalue weighted by atomic mass is 9.85. The second-order valence-electron chi connectivity index (χ2n) is 10.9. The van der Waals surface area contributed by atoms with Crippen molar-refractivity contribution in [3.05, 3.63) is 58.2 Å². The van der Waals surface area contributed by atoms with E-state index in [1.54, 1.807) is 26.8 Å². The second kappa shape index (κ2) is 16.8. The minimum atomic E-state index is -1.04. The van der Waals surface area contributed by atoms with Gasteiger partial charge in [0.1, 0.15) is 11.8 Å². The number of hydrogen-bond donors (Lipinski definition) is 4. The number of rotatable bonds is 6.